The molecule has 0 saturated carbocycles. The molecule has 0 amide bonds. The third-order valence-corrected chi connectivity index (χ3v) is 3.99. The molecule has 0 aliphatic carbocycles. The van der Waals surface area contributed by atoms with Crippen LogP contribution in [-0.4, -0.2) is 15.4 Å². The summed E-state index contributed by atoms with van der Waals surface area (Å²) in [5, 5.41) is 0. The molecular weight excluding hydrogens is 330 g/mol. The molecule has 0 saturated heterocycles. The van der Waals surface area contributed by atoms with Crippen molar-refractivity contribution >= 4 is 21.8 Å². The lowest BCUT2D eigenvalue weighted by molar-refractivity contribution is 0.381. The fraction of sp³-hybridized carbons (Fsp3) is 0.231. The minimum Gasteiger partial charge on any atom is -0.381 e. The maximum atomic E-state index is 14.1. The smallest absolute Gasteiger partial charge is 0.175 e. The van der Waals surface area contributed by atoms with Crippen LogP contribution in [0.2, 0.25) is 0 Å². The summed E-state index contributed by atoms with van der Waals surface area (Å²) in [5.41, 5.74) is 5.26. The van der Waals surface area contributed by atoms with Crippen molar-refractivity contribution in [3.63, 3.8) is 0 Å². The Balaban J connectivity index is 2.15. The van der Waals surface area contributed by atoms with Crippen LogP contribution in [0.3, 0.4) is 0 Å². The van der Waals surface area contributed by atoms with Crippen LogP contribution >= 0.6 is 15.9 Å². The number of hydrogen-bond donors (Lipinski definition) is 1. The predicted octanol–water partition coefficient (Wildman–Crippen LogP) is 2.56. The van der Waals surface area contributed by atoms with Crippen molar-refractivity contribution in [2.75, 3.05) is 0 Å². The van der Waals surface area contributed by atoms with Gasteiger partial charge < -0.3 is 10.3 Å². The first-order chi connectivity index (χ1) is 9.40. The molecule has 1 atom stereocenters. The van der Waals surface area contributed by atoms with E-state index in [0.717, 1.165) is 6.07 Å². The second kappa shape index (κ2) is 4.37. The summed E-state index contributed by atoms with van der Waals surface area (Å²) >= 11 is 3.07. The van der Waals surface area contributed by atoms with Crippen molar-refractivity contribution in [2.24, 2.45) is 10.7 Å². The minimum absolute atomic E-state index is 0.195. The molecule has 7 heteroatoms. The van der Waals surface area contributed by atoms with Crippen LogP contribution in [0, 0.1) is 11.6 Å². The van der Waals surface area contributed by atoms with E-state index in [1.807, 2.05) is 0 Å². The van der Waals surface area contributed by atoms with Gasteiger partial charge in [0.15, 0.2) is 11.7 Å². The van der Waals surface area contributed by atoms with Crippen molar-refractivity contribution in [3.05, 3.63) is 52.0 Å². The molecule has 0 fully saturated rings. The summed E-state index contributed by atoms with van der Waals surface area (Å²) in [5.74, 6) is -0.494. The highest BCUT2D eigenvalue weighted by Gasteiger charge is 2.35. The molecule has 1 aromatic carbocycles. The van der Waals surface area contributed by atoms with E-state index in [2.05, 4.69) is 25.9 Å². The zero-order chi connectivity index (χ0) is 14.5. The van der Waals surface area contributed by atoms with Crippen LogP contribution in [0.25, 0.3) is 0 Å². The van der Waals surface area contributed by atoms with Gasteiger partial charge in [0.1, 0.15) is 17.2 Å². The van der Waals surface area contributed by atoms with Crippen LogP contribution < -0.4 is 5.73 Å². The SMILES string of the molecule is CC1(c2cc(Br)c(F)cc2F)Cn2ccnc2C(N)=N1. The quantitative estimate of drug-likeness (QED) is 0.811. The predicted molar refractivity (Wildman–Crippen MR) is 74.4 cm³/mol. The van der Waals surface area contributed by atoms with E-state index >= 15 is 0 Å². The topological polar surface area (TPSA) is 56.2 Å². The number of nitrogens with two attached hydrogens (primary N) is 1. The number of halogens is 3. The maximum Gasteiger partial charge on any atom is 0.175 e. The van der Waals surface area contributed by atoms with Crippen molar-refractivity contribution in [3.8, 4) is 0 Å². The molecule has 4 nitrogen and oxygen atoms in total. The molecule has 0 bridgehead atoms. The van der Waals surface area contributed by atoms with Gasteiger partial charge in [0, 0.05) is 24.0 Å². The van der Waals surface area contributed by atoms with Crippen molar-refractivity contribution in [1.82, 2.24) is 9.55 Å². The highest BCUT2D eigenvalue weighted by atomic mass is 79.9. The van der Waals surface area contributed by atoms with Gasteiger partial charge in [0.25, 0.3) is 0 Å². The number of fused-ring (bicyclic) bond motifs is 1. The second-order valence-electron chi connectivity index (χ2n) is 4.90. The number of benzene rings is 1. The standard InChI is InChI=1S/C13H11BrF2N4/c1-13(7-4-8(14)10(16)5-9(7)15)6-20-3-2-18-12(20)11(17)19-13/h2-5H,6H2,1H3,(H2,17,19). The van der Waals surface area contributed by atoms with Gasteiger partial charge in [0.2, 0.25) is 0 Å². The van der Waals surface area contributed by atoms with Crippen molar-refractivity contribution < 1.29 is 8.78 Å². The summed E-state index contributed by atoms with van der Waals surface area (Å²) in [6, 6.07) is 2.25. The Hall–Kier alpha value is -1.76. The fourth-order valence-electron chi connectivity index (χ4n) is 2.43. The molecule has 2 aromatic rings. The van der Waals surface area contributed by atoms with E-state index in [1.54, 1.807) is 23.9 Å². The monoisotopic (exact) mass is 340 g/mol. The van der Waals surface area contributed by atoms with E-state index in [9.17, 15) is 8.78 Å². The van der Waals surface area contributed by atoms with E-state index in [4.69, 9.17) is 5.73 Å². The Kier molecular flexibility index (Phi) is 2.89. The molecule has 1 aliphatic rings. The molecule has 3 rings (SSSR count). The molecule has 1 unspecified atom stereocenters. The van der Waals surface area contributed by atoms with E-state index in [-0.39, 0.29) is 15.9 Å². The lowest BCUT2D eigenvalue weighted by atomic mass is 9.90. The zero-order valence-corrected chi connectivity index (χ0v) is 12.2. The highest BCUT2D eigenvalue weighted by molar-refractivity contribution is 9.10. The van der Waals surface area contributed by atoms with E-state index in [1.165, 1.54) is 6.07 Å². The Bertz CT molecular complexity index is 725. The minimum atomic E-state index is -0.905. The normalized spacial score (nSPS) is 21.5. The first kappa shape index (κ1) is 13.2. The third-order valence-electron chi connectivity index (χ3n) is 3.38. The van der Waals surface area contributed by atoms with Crippen LogP contribution in [0.1, 0.15) is 18.3 Å². The maximum absolute atomic E-state index is 14.1. The van der Waals surface area contributed by atoms with Gasteiger partial charge in [-0.1, -0.05) is 0 Å². The molecule has 104 valence electrons. The average molecular weight is 341 g/mol. The number of nitrogens with zero attached hydrogens (tertiary/aromatic N) is 3. The second-order valence-corrected chi connectivity index (χ2v) is 5.75. The van der Waals surface area contributed by atoms with Gasteiger partial charge in [-0.3, -0.25) is 4.99 Å². The van der Waals surface area contributed by atoms with Gasteiger partial charge in [-0.15, -0.1) is 0 Å². The Morgan fingerprint density at radius 2 is 2.10 bits per heavy atom. The van der Waals surface area contributed by atoms with Crippen LogP contribution in [0.4, 0.5) is 8.78 Å². The Morgan fingerprint density at radius 1 is 1.35 bits per heavy atom. The van der Waals surface area contributed by atoms with Gasteiger partial charge in [-0.25, -0.2) is 13.8 Å². The van der Waals surface area contributed by atoms with Gasteiger partial charge in [-0.2, -0.15) is 0 Å². The number of amidine groups is 1. The molecule has 1 aromatic heterocycles. The van der Waals surface area contributed by atoms with Gasteiger partial charge in [-0.05, 0) is 28.9 Å². The van der Waals surface area contributed by atoms with Crippen LogP contribution in [0.15, 0.2) is 34.0 Å². The molecule has 2 heterocycles. The number of aromatic nitrogens is 2. The lowest BCUT2D eigenvalue weighted by Gasteiger charge is -2.31. The Morgan fingerprint density at radius 3 is 2.85 bits per heavy atom. The largest absolute Gasteiger partial charge is 0.381 e. The summed E-state index contributed by atoms with van der Waals surface area (Å²) in [6.07, 6.45) is 3.37. The molecule has 0 spiro atoms. The number of aliphatic imine (C=N–C) groups is 1. The number of imidazole rings is 1. The van der Waals surface area contributed by atoms with Crippen LogP contribution in [-0.2, 0) is 12.1 Å². The molecular formula is C13H11BrF2N4. The first-order valence-corrected chi connectivity index (χ1v) is 6.72. The molecule has 2 N–H and O–H groups in total. The zero-order valence-electron chi connectivity index (χ0n) is 10.6. The molecule has 0 radical (unpaired) electrons. The first-order valence-electron chi connectivity index (χ1n) is 5.92. The van der Waals surface area contributed by atoms with E-state index < -0.39 is 17.2 Å². The Labute approximate surface area is 122 Å². The van der Waals surface area contributed by atoms with Gasteiger partial charge >= 0.3 is 0 Å². The molecule has 20 heavy (non-hydrogen) atoms. The summed E-state index contributed by atoms with van der Waals surface area (Å²) < 4.78 is 29.4. The summed E-state index contributed by atoms with van der Waals surface area (Å²) in [4.78, 5) is 8.45. The highest BCUT2D eigenvalue weighted by Crippen LogP contribution is 2.35. The van der Waals surface area contributed by atoms with Crippen molar-refractivity contribution in [2.45, 2.75) is 19.0 Å². The molecule has 1 aliphatic heterocycles. The third kappa shape index (κ3) is 1.93. The average Bonchev–Trinajstić information content (AvgIpc) is 2.81. The van der Waals surface area contributed by atoms with E-state index in [0.29, 0.717) is 12.4 Å². The summed E-state index contributed by atoms with van der Waals surface area (Å²) in [7, 11) is 0. The lowest BCUT2D eigenvalue weighted by Crippen LogP contribution is -2.37. The van der Waals surface area contributed by atoms with Crippen molar-refractivity contribution in [1.29, 1.82) is 0 Å². The fourth-order valence-corrected chi connectivity index (χ4v) is 2.78. The van der Waals surface area contributed by atoms with Gasteiger partial charge in [0.05, 0.1) is 11.0 Å². The number of rotatable bonds is 1. The van der Waals surface area contributed by atoms with Crippen LogP contribution in [0.5, 0.6) is 0 Å². The number of hydrogen-bond acceptors (Lipinski definition) is 3. The summed E-state index contributed by atoms with van der Waals surface area (Å²) in [6.45, 7) is 2.14.